The summed E-state index contributed by atoms with van der Waals surface area (Å²) >= 11 is 0. The van der Waals surface area contributed by atoms with E-state index in [4.69, 9.17) is 9.47 Å². The van der Waals surface area contributed by atoms with Crippen LogP contribution in [-0.2, 0) is 17.8 Å². The van der Waals surface area contributed by atoms with Crippen molar-refractivity contribution in [1.29, 1.82) is 0 Å². The Morgan fingerprint density at radius 1 is 1.40 bits per heavy atom. The fourth-order valence-electron chi connectivity index (χ4n) is 2.36. The Balaban J connectivity index is 2.16. The molecule has 1 aliphatic rings. The van der Waals surface area contributed by atoms with Gasteiger partial charge >= 0.3 is 0 Å². The van der Waals surface area contributed by atoms with E-state index in [-0.39, 0.29) is 5.56 Å². The summed E-state index contributed by atoms with van der Waals surface area (Å²) in [5.74, 6) is 1.26. The van der Waals surface area contributed by atoms with Crippen molar-refractivity contribution < 1.29 is 9.47 Å². The number of fused-ring (bicyclic) bond motifs is 1. The lowest BCUT2D eigenvalue weighted by molar-refractivity contribution is 0.108. The molecule has 0 spiro atoms. The van der Waals surface area contributed by atoms with Gasteiger partial charge in [0.2, 0.25) is 0 Å². The van der Waals surface area contributed by atoms with Crippen molar-refractivity contribution in [2.75, 3.05) is 13.7 Å². The van der Waals surface area contributed by atoms with Crippen LogP contribution in [0.2, 0.25) is 0 Å². The Bertz CT molecular complexity index is 707. The Morgan fingerprint density at radius 2 is 2.25 bits per heavy atom. The topological polar surface area (TPSA) is 64.2 Å². The molecule has 0 saturated heterocycles. The highest BCUT2D eigenvalue weighted by molar-refractivity contribution is 5.65. The van der Waals surface area contributed by atoms with Crippen molar-refractivity contribution in [3.8, 4) is 17.1 Å². The number of methoxy groups -OCH3 is 1. The van der Waals surface area contributed by atoms with E-state index in [0.29, 0.717) is 36.8 Å². The second-order valence-corrected chi connectivity index (χ2v) is 4.85. The molecule has 0 fully saturated rings. The van der Waals surface area contributed by atoms with E-state index in [2.05, 4.69) is 9.97 Å². The number of ether oxygens (including phenoxy) is 2. The highest BCUT2D eigenvalue weighted by Crippen LogP contribution is 2.28. The summed E-state index contributed by atoms with van der Waals surface area (Å²) in [5.41, 5.74) is 3.21. The number of hydrogen-bond donors (Lipinski definition) is 1. The van der Waals surface area contributed by atoms with E-state index in [1.165, 1.54) is 0 Å². The van der Waals surface area contributed by atoms with Gasteiger partial charge in [0.25, 0.3) is 5.56 Å². The molecule has 0 bridgehead atoms. The zero-order chi connectivity index (χ0) is 14.1. The molecule has 1 aliphatic heterocycles. The molecule has 5 nitrogen and oxygen atoms in total. The third-order valence-electron chi connectivity index (χ3n) is 3.44. The molecule has 1 aromatic carbocycles. The molecule has 2 heterocycles. The summed E-state index contributed by atoms with van der Waals surface area (Å²) in [6, 6.07) is 5.82. The smallest absolute Gasteiger partial charge is 0.256 e. The number of aryl methyl sites for hydroxylation is 1. The van der Waals surface area contributed by atoms with Crippen molar-refractivity contribution in [1.82, 2.24) is 9.97 Å². The molecule has 0 radical (unpaired) electrons. The summed E-state index contributed by atoms with van der Waals surface area (Å²) < 4.78 is 10.7. The zero-order valence-electron chi connectivity index (χ0n) is 11.5. The van der Waals surface area contributed by atoms with E-state index in [0.717, 1.165) is 16.8 Å². The van der Waals surface area contributed by atoms with Crippen LogP contribution in [0.1, 0.15) is 16.8 Å². The van der Waals surface area contributed by atoms with Crippen molar-refractivity contribution in [2.45, 2.75) is 20.0 Å². The molecule has 104 valence electrons. The third-order valence-corrected chi connectivity index (χ3v) is 3.44. The second-order valence-electron chi connectivity index (χ2n) is 4.85. The summed E-state index contributed by atoms with van der Waals surface area (Å²) in [7, 11) is 1.61. The summed E-state index contributed by atoms with van der Waals surface area (Å²) in [6.45, 7) is 2.93. The molecule has 0 saturated carbocycles. The van der Waals surface area contributed by atoms with Crippen LogP contribution in [0.3, 0.4) is 0 Å². The predicted octanol–water partition coefficient (Wildman–Crippen LogP) is 1.83. The Kier molecular flexibility index (Phi) is 3.28. The van der Waals surface area contributed by atoms with Crippen LogP contribution >= 0.6 is 0 Å². The Hall–Kier alpha value is -2.14. The molecule has 0 aliphatic carbocycles. The van der Waals surface area contributed by atoms with Gasteiger partial charge < -0.3 is 14.5 Å². The number of benzene rings is 1. The molecule has 3 rings (SSSR count). The van der Waals surface area contributed by atoms with Crippen molar-refractivity contribution in [3.05, 3.63) is 45.4 Å². The molecule has 0 atom stereocenters. The molecule has 20 heavy (non-hydrogen) atoms. The largest absolute Gasteiger partial charge is 0.496 e. The van der Waals surface area contributed by atoms with Gasteiger partial charge in [-0.3, -0.25) is 4.79 Å². The van der Waals surface area contributed by atoms with Crippen LogP contribution < -0.4 is 10.3 Å². The Morgan fingerprint density at radius 3 is 3.05 bits per heavy atom. The number of nitrogens with one attached hydrogen (secondary N) is 1. The number of hydrogen-bond acceptors (Lipinski definition) is 4. The second kappa shape index (κ2) is 5.09. The van der Waals surface area contributed by atoms with Gasteiger partial charge in [-0.2, -0.15) is 0 Å². The van der Waals surface area contributed by atoms with E-state index >= 15 is 0 Å². The minimum Gasteiger partial charge on any atom is -0.496 e. The molecule has 5 heteroatoms. The average Bonchev–Trinajstić information content (AvgIpc) is 2.47. The van der Waals surface area contributed by atoms with Gasteiger partial charge in [0.05, 0.1) is 37.1 Å². The summed E-state index contributed by atoms with van der Waals surface area (Å²) in [5, 5.41) is 0. The molecule has 0 amide bonds. The van der Waals surface area contributed by atoms with Gasteiger partial charge in [-0.05, 0) is 24.6 Å². The van der Waals surface area contributed by atoms with Crippen LogP contribution in [0.4, 0.5) is 0 Å². The number of H-pyrrole nitrogens is 1. The number of aromatic amines is 1. The van der Waals surface area contributed by atoms with Crippen LogP contribution in [-0.4, -0.2) is 23.7 Å². The molecule has 1 N–H and O–H groups in total. The maximum atomic E-state index is 12.1. The van der Waals surface area contributed by atoms with Gasteiger partial charge in [0.1, 0.15) is 11.6 Å². The van der Waals surface area contributed by atoms with Gasteiger partial charge in [-0.1, -0.05) is 6.07 Å². The maximum Gasteiger partial charge on any atom is 0.256 e. The first-order valence-corrected chi connectivity index (χ1v) is 6.54. The molecular weight excluding hydrogens is 256 g/mol. The zero-order valence-corrected chi connectivity index (χ0v) is 11.5. The number of rotatable bonds is 2. The van der Waals surface area contributed by atoms with Crippen LogP contribution in [0.5, 0.6) is 5.75 Å². The fourth-order valence-corrected chi connectivity index (χ4v) is 2.36. The lowest BCUT2D eigenvalue weighted by Gasteiger charge is -2.16. The van der Waals surface area contributed by atoms with Gasteiger partial charge in [-0.15, -0.1) is 0 Å². The minimum atomic E-state index is -0.132. The number of aromatic nitrogens is 2. The van der Waals surface area contributed by atoms with Crippen LogP contribution in [0.25, 0.3) is 11.4 Å². The third kappa shape index (κ3) is 2.20. The normalized spacial score (nSPS) is 13.9. The predicted molar refractivity (Wildman–Crippen MR) is 74.9 cm³/mol. The maximum absolute atomic E-state index is 12.1. The molecular formula is C15H16N2O3. The van der Waals surface area contributed by atoms with Crippen molar-refractivity contribution in [2.24, 2.45) is 0 Å². The highest BCUT2D eigenvalue weighted by Gasteiger charge is 2.18. The first kappa shape index (κ1) is 12.9. The monoisotopic (exact) mass is 272 g/mol. The highest BCUT2D eigenvalue weighted by atomic mass is 16.5. The molecule has 2 aromatic rings. The summed E-state index contributed by atoms with van der Waals surface area (Å²) in [6.07, 6.45) is 0.667. The van der Waals surface area contributed by atoms with Crippen LogP contribution in [0.15, 0.2) is 23.0 Å². The van der Waals surface area contributed by atoms with Crippen molar-refractivity contribution in [3.63, 3.8) is 0 Å². The molecule has 1 aromatic heterocycles. The molecule has 0 unspecified atom stereocenters. The van der Waals surface area contributed by atoms with E-state index in [1.807, 2.05) is 25.1 Å². The minimum absolute atomic E-state index is 0.132. The van der Waals surface area contributed by atoms with Gasteiger partial charge in [0.15, 0.2) is 0 Å². The van der Waals surface area contributed by atoms with Crippen LogP contribution in [0, 0.1) is 6.92 Å². The first-order chi connectivity index (χ1) is 9.69. The standard InChI is InChI=1S/C15H16N2O3/c1-9-3-4-10(13(7-9)19-2)14-16-12-5-6-20-8-11(12)15(18)17-14/h3-4,7H,5-6,8H2,1-2H3,(H,16,17,18). The fraction of sp³-hybridized carbons (Fsp3) is 0.333. The van der Waals surface area contributed by atoms with E-state index in [1.54, 1.807) is 7.11 Å². The van der Waals surface area contributed by atoms with E-state index < -0.39 is 0 Å². The van der Waals surface area contributed by atoms with Crippen molar-refractivity contribution >= 4 is 0 Å². The lowest BCUT2D eigenvalue weighted by Crippen LogP contribution is -2.24. The lowest BCUT2D eigenvalue weighted by atomic mass is 10.1. The Labute approximate surface area is 116 Å². The SMILES string of the molecule is COc1cc(C)ccc1-c1nc2c(c(=O)[nH]1)COCC2. The van der Waals surface area contributed by atoms with Gasteiger partial charge in [-0.25, -0.2) is 4.98 Å². The number of nitrogens with zero attached hydrogens (tertiary/aromatic N) is 1. The first-order valence-electron chi connectivity index (χ1n) is 6.54. The quantitative estimate of drug-likeness (QED) is 0.905. The van der Waals surface area contributed by atoms with E-state index in [9.17, 15) is 4.79 Å². The van der Waals surface area contributed by atoms with Gasteiger partial charge in [0, 0.05) is 6.42 Å². The average molecular weight is 272 g/mol. The summed E-state index contributed by atoms with van der Waals surface area (Å²) in [4.78, 5) is 19.5.